The highest BCUT2D eigenvalue weighted by atomic mass is 16.3. The average molecular weight is 235 g/mol. The van der Waals surface area contributed by atoms with Crippen molar-refractivity contribution in [2.45, 2.75) is 6.04 Å². The van der Waals surface area contributed by atoms with E-state index in [0.29, 0.717) is 13.1 Å². The number of benzene rings is 1. The topological polar surface area (TPSA) is 64.6 Å². The van der Waals surface area contributed by atoms with Gasteiger partial charge in [0, 0.05) is 20.1 Å². The summed E-state index contributed by atoms with van der Waals surface area (Å²) in [5.41, 5.74) is 1.95. The molecular weight excluding hydrogens is 218 g/mol. The highest BCUT2D eigenvalue weighted by molar-refractivity contribution is 5.88. The molecule has 0 aromatic heterocycles. The van der Waals surface area contributed by atoms with Crippen molar-refractivity contribution < 1.29 is 9.90 Å². The maximum atomic E-state index is 12.0. The Labute approximate surface area is 100 Å². The number of carbonyl (C=O) groups excluding carboxylic acids is 1. The summed E-state index contributed by atoms with van der Waals surface area (Å²) in [7, 11) is 1.70. The highest BCUT2D eigenvalue weighted by Crippen LogP contribution is 2.25. The predicted molar refractivity (Wildman–Crippen MR) is 67.1 cm³/mol. The van der Waals surface area contributed by atoms with Gasteiger partial charge in [-0.3, -0.25) is 4.79 Å². The van der Waals surface area contributed by atoms with Gasteiger partial charge in [0.05, 0.1) is 18.0 Å². The standard InChI is InChI=1S/C12H17N3O2/c1-15(6-7-16)12(17)11-8-13-9-4-2-3-5-10(9)14-11/h2-5,11,13-14,16H,6-8H2,1H3. The first-order valence-electron chi connectivity index (χ1n) is 5.67. The Kier molecular flexibility index (Phi) is 3.49. The molecule has 0 aliphatic carbocycles. The first-order valence-corrected chi connectivity index (χ1v) is 5.67. The molecule has 1 unspecified atom stereocenters. The van der Waals surface area contributed by atoms with E-state index in [0.717, 1.165) is 11.4 Å². The van der Waals surface area contributed by atoms with E-state index in [2.05, 4.69) is 10.6 Å². The minimum absolute atomic E-state index is 0.0129. The fourth-order valence-corrected chi connectivity index (χ4v) is 1.89. The summed E-state index contributed by atoms with van der Waals surface area (Å²) in [4.78, 5) is 13.5. The molecule has 3 N–H and O–H groups in total. The molecule has 0 bridgehead atoms. The molecule has 1 aliphatic heterocycles. The van der Waals surface area contributed by atoms with Crippen LogP contribution < -0.4 is 10.6 Å². The van der Waals surface area contributed by atoms with Gasteiger partial charge in [0.25, 0.3) is 0 Å². The minimum Gasteiger partial charge on any atom is -0.395 e. The van der Waals surface area contributed by atoms with Gasteiger partial charge in [-0.2, -0.15) is 0 Å². The zero-order chi connectivity index (χ0) is 12.3. The Balaban J connectivity index is 2.05. The number of likely N-dealkylation sites (N-methyl/N-ethyl adjacent to an activating group) is 1. The van der Waals surface area contributed by atoms with Crippen LogP contribution in [0.3, 0.4) is 0 Å². The third-order valence-corrected chi connectivity index (χ3v) is 2.86. The number of carbonyl (C=O) groups is 1. The zero-order valence-electron chi connectivity index (χ0n) is 9.81. The largest absolute Gasteiger partial charge is 0.395 e. The second kappa shape index (κ2) is 5.05. The van der Waals surface area contributed by atoms with Gasteiger partial charge in [-0.05, 0) is 12.1 Å². The molecule has 0 fully saturated rings. The van der Waals surface area contributed by atoms with Crippen molar-refractivity contribution in [2.24, 2.45) is 0 Å². The lowest BCUT2D eigenvalue weighted by atomic mass is 10.1. The number of para-hydroxylation sites is 2. The summed E-state index contributed by atoms with van der Waals surface area (Å²) < 4.78 is 0. The van der Waals surface area contributed by atoms with Crippen LogP contribution in [0.2, 0.25) is 0 Å². The number of nitrogens with zero attached hydrogens (tertiary/aromatic N) is 1. The Morgan fingerprint density at radius 2 is 2.18 bits per heavy atom. The van der Waals surface area contributed by atoms with E-state index in [1.807, 2.05) is 24.3 Å². The van der Waals surface area contributed by atoms with E-state index >= 15 is 0 Å². The molecule has 1 atom stereocenters. The molecule has 0 saturated carbocycles. The highest BCUT2D eigenvalue weighted by Gasteiger charge is 2.25. The number of fused-ring (bicyclic) bond motifs is 1. The van der Waals surface area contributed by atoms with Gasteiger partial charge in [0.2, 0.25) is 5.91 Å². The molecule has 1 aliphatic rings. The lowest BCUT2D eigenvalue weighted by molar-refractivity contribution is -0.130. The van der Waals surface area contributed by atoms with Crippen LogP contribution in [0, 0.1) is 0 Å². The van der Waals surface area contributed by atoms with Gasteiger partial charge in [-0.1, -0.05) is 12.1 Å². The van der Waals surface area contributed by atoms with Crippen molar-refractivity contribution in [2.75, 3.05) is 37.4 Å². The van der Waals surface area contributed by atoms with Gasteiger partial charge in [0.15, 0.2) is 0 Å². The molecule has 0 radical (unpaired) electrons. The van der Waals surface area contributed by atoms with Crippen LogP contribution in [0.25, 0.3) is 0 Å². The maximum absolute atomic E-state index is 12.0. The number of aliphatic hydroxyl groups excluding tert-OH is 1. The zero-order valence-corrected chi connectivity index (χ0v) is 9.81. The van der Waals surface area contributed by atoms with Gasteiger partial charge >= 0.3 is 0 Å². The Bertz CT molecular complexity index is 408. The van der Waals surface area contributed by atoms with E-state index < -0.39 is 0 Å². The van der Waals surface area contributed by atoms with E-state index in [1.54, 1.807) is 7.05 Å². The average Bonchev–Trinajstić information content (AvgIpc) is 2.37. The molecule has 17 heavy (non-hydrogen) atoms. The van der Waals surface area contributed by atoms with Crippen LogP contribution in [0.5, 0.6) is 0 Å². The Morgan fingerprint density at radius 1 is 1.47 bits per heavy atom. The van der Waals surface area contributed by atoms with Crippen molar-refractivity contribution >= 4 is 17.3 Å². The summed E-state index contributed by atoms with van der Waals surface area (Å²) in [6.45, 7) is 0.906. The summed E-state index contributed by atoms with van der Waals surface area (Å²) in [5.74, 6) is -0.0129. The molecule has 0 saturated heterocycles. The van der Waals surface area contributed by atoms with E-state index in [-0.39, 0.29) is 18.6 Å². The van der Waals surface area contributed by atoms with Crippen molar-refractivity contribution in [3.63, 3.8) is 0 Å². The summed E-state index contributed by atoms with van der Waals surface area (Å²) >= 11 is 0. The second-order valence-electron chi connectivity index (χ2n) is 4.11. The lowest BCUT2D eigenvalue weighted by Crippen LogP contribution is -2.47. The number of hydrogen-bond donors (Lipinski definition) is 3. The molecule has 92 valence electrons. The fourth-order valence-electron chi connectivity index (χ4n) is 1.89. The molecule has 0 spiro atoms. The smallest absolute Gasteiger partial charge is 0.246 e. The van der Waals surface area contributed by atoms with Crippen molar-refractivity contribution in [1.29, 1.82) is 0 Å². The van der Waals surface area contributed by atoms with E-state index in [1.165, 1.54) is 4.90 Å². The number of hydrogen-bond acceptors (Lipinski definition) is 4. The van der Waals surface area contributed by atoms with E-state index in [9.17, 15) is 4.79 Å². The fraction of sp³-hybridized carbons (Fsp3) is 0.417. The number of nitrogens with one attached hydrogen (secondary N) is 2. The van der Waals surface area contributed by atoms with Gasteiger partial charge in [-0.25, -0.2) is 0 Å². The molecular formula is C12H17N3O2. The van der Waals surface area contributed by atoms with Crippen LogP contribution >= 0.6 is 0 Å². The predicted octanol–water partition coefficient (Wildman–Crippen LogP) is 0.343. The van der Waals surface area contributed by atoms with Gasteiger partial charge in [0.1, 0.15) is 6.04 Å². The molecule has 1 amide bonds. The summed E-state index contributed by atoms with van der Waals surface area (Å²) in [6.07, 6.45) is 0. The maximum Gasteiger partial charge on any atom is 0.246 e. The molecule has 5 nitrogen and oxygen atoms in total. The molecule has 1 aromatic carbocycles. The number of anilines is 2. The Hall–Kier alpha value is -1.75. The third kappa shape index (κ3) is 2.50. The number of rotatable bonds is 3. The number of amides is 1. The second-order valence-corrected chi connectivity index (χ2v) is 4.11. The van der Waals surface area contributed by atoms with Crippen molar-refractivity contribution in [1.82, 2.24) is 4.90 Å². The molecule has 5 heteroatoms. The van der Waals surface area contributed by atoms with Crippen molar-refractivity contribution in [3.8, 4) is 0 Å². The first-order chi connectivity index (χ1) is 8.22. The molecule has 1 aromatic rings. The van der Waals surface area contributed by atoms with Crippen molar-refractivity contribution in [3.05, 3.63) is 24.3 Å². The van der Waals surface area contributed by atoms with Gasteiger partial charge in [-0.15, -0.1) is 0 Å². The van der Waals surface area contributed by atoms with Crippen LogP contribution in [0.15, 0.2) is 24.3 Å². The summed E-state index contributed by atoms with van der Waals surface area (Å²) in [6, 6.07) is 7.51. The molecule has 2 rings (SSSR count). The molecule has 1 heterocycles. The lowest BCUT2D eigenvalue weighted by Gasteiger charge is -2.30. The SMILES string of the molecule is CN(CCO)C(=O)C1CNc2ccccc2N1. The first kappa shape index (κ1) is 11.7. The monoisotopic (exact) mass is 235 g/mol. The Morgan fingerprint density at radius 3 is 2.88 bits per heavy atom. The summed E-state index contributed by atoms with van der Waals surface area (Å²) in [5, 5.41) is 15.2. The normalized spacial score (nSPS) is 17.6. The van der Waals surface area contributed by atoms with Crippen LogP contribution in [0.4, 0.5) is 11.4 Å². The van der Waals surface area contributed by atoms with Crippen LogP contribution in [0.1, 0.15) is 0 Å². The van der Waals surface area contributed by atoms with Crippen LogP contribution in [-0.4, -0.2) is 48.7 Å². The number of aliphatic hydroxyl groups is 1. The minimum atomic E-state index is -0.276. The van der Waals surface area contributed by atoms with Gasteiger partial charge < -0.3 is 20.6 Å². The van der Waals surface area contributed by atoms with Crippen LogP contribution in [-0.2, 0) is 4.79 Å². The van der Waals surface area contributed by atoms with E-state index in [4.69, 9.17) is 5.11 Å². The third-order valence-electron chi connectivity index (χ3n) is 2.86. The quantitative estimate of drug-likeness (QED) is 0.707.